The Kier molecular flexibility index (Phi) is 3.53. The quantitative estimate of drug-likeness (QED) is 0.491. The van der Waals surface area contributed by atoms with Crippen molar-refractivity contribution in [2.24, 2.45) is 0 Å². The molecule has 0 aromatic rings. The van der Waals surface area contributed by atoms with Crippen LogP contribution < -0.4 is 0 Å². The van der Waals surface area contributed by atoms with Crippen molar-refractivity contribution in [2.75, 3.05) is 0 Å². The van der Waals surface area contributed by atoms with Crippen molar-refractivity contribution in [2.45, 2.75) is 51.2 Å². The summed E-state index contributed by atoms with van der Waals surface area (Å²) in [5, 5.41) is 8.50. The largest absolute Gasteiger partial charge is 0.479 e. The number of epoxide rings is 1. The van der Waals surface area contributed by atoms with Crippen LogP contribution in [0.4, 0.5) is 0 Å². The van der Waals surface area contributed by atoms with Gasteiger partial charge in [0.05, 0.1) is 6.10 Å². The van der Waals surface area contributed by atoms with Crippen molar-refractivity contribution in [1.82, 2.24) is 0 Å². The average molecular weight is 172 g/mol. The van der Waals surface area contributed by atoms with Gasteiger partial charge in [0.15, 0.2) is 6.10 Å². The molecule has 1 aliphatic heterocycles. The predicted molar refractivity (Wildman–Crippen MR) is 45.1 cm³/mol. The number of carboxylic acid groups (broad SMARTS) is 1. The van der Waals surface area contributed by atoms with Crippen LogP contribution in [0, 0.1) is 0 Å². The Morgan fingerprint density at radius 2 is 2.17 bits per heavy atom. The zero-order valence-electron chi connectivity index (χ0n) is 7.45. The Hall–Kier alpha value is -0.570. The normalized spacial score (nSPS) is 27.1. The lowest BCUT2D eigenvalue weighted by molar-refractivity contribution is -0.138. The minimum atomic E-state index is -0.810. The first-order valence-corrected chi connectivity index (χ1v) is 4.64. The van der Waals surface area contributed by atoms with Crippen LogP contribution in [0.5, 0.6) is 0 Å². The zero-order valence-corrected chi connectivity index (χ0v) is 7.45. The summed E-state index contributed by atoms with van der Waals surface area (Å²) in [4.78, 5) is 10.3. The maximum Gasteiger partial charge on any atom is 0.335 e. The predicted octanol–water partition coefficient (Wildman–Crippen LogP) is 1.81. The van der Waals surface area contributed by atoms with Crippen LogP contribution in [-0.2, 0) is 9.53 Å². The van der Waals surface area contributed by atoms with Crippen molar-refractivity contribution < 1.29 is 14.6 Å². The molecule has 0 spiro atoms. The molecular formula is C9H16O3. The van der Waals surface area contributed by atoms with Gasteiger partial charge in [0.2, 0.25) is 0 Å². The first kappa shape index (κ1) is 9.52. The van der Waals surface area contributed by atoms with Gasteiger partial charge in [-0.25, -0.2) is 4.79 Å². The van der Waals surface area contributed by atoms with Crippen LogP contribution in [0.1, 0.15) is 39.0 Å². The lowest BCUT2D eigenvalue weighted by Crippen LogP contribution is -2.07. The van der Waals surface area contributed by atoms with E-state index in [-0.39, 0.29) is 6.10 Å². The number of rotatable bonds is 6. The van der Waals surface area contributed by atoms with Crippen LogP contribution in [0.15, 0.2) is 0 Å². The molecule has 0 saturated carbocycles. The molecule has 0 aliphatic carbocycles. The second-order valence-electron chi connectivity index (χ2n) is 3.28. The van der Waals surface area contributed by atoms with Gasteiger partial charge in [-0.2, -0.15) is 0 Å². The molecule has 1 saturated heterocycles. The van der Waals surface area contributed by atoms with E-state index in [4.69, 9.17) is 9.84 Å². The van der Waals surface area contributed by atoms with E-state index >= 15 is 0 Å². The topological polar surface area (TPSA) is 49.8 Å². The average Bonchev–Trinajstić information content (AvgIpc) is 2.77. The van der Waals surface area contributed by atoms with E-state index in [9.17, 15) is 4.79 Å². The van der Waals surface area contributed by atoms with E-state index in [1.165, 1.54) is 19.3 Å². The fraction of sp³-hybridized carbons (Fsp3) is 0.889. The first-order valence-electron chi connectivity index (χ1n) is 4.64. The summed E-state index contributed by atoms with van der Waals surface area (Å²) in [7, 11) is 0. The van der Waals surface area contributed by atoms with E-state index in [1.807, 2.05) is 0 Å². The SMILES string of the molecule is CCCCCC[C@H]1O[C@@H]1C(=O)O. The van der Waals surface area contributed by atoms with Gasteiger partial charge in [-0.15, -0.1) is 0 Å². The summed E-state index contributed by atoms with van der Waals surface area (Å²) in [6.07, 6.45) is 5.19. The van der Waals surface area contributed by atoms with Gasteiger partial charge in [0.1, 0.15) is 0 Å². The molecule has 0 bridgehead atoms. The second kappa shape index (κ2) is 4.45. The van der Waals surface area contributed by atoms with Gasteiger partial charge in [-0.05, 0) is 6.42 Å². The smallest absolute Gasteiger partial charge is 0.335 e. The molecule has 0 aromatic heterocycles. The molecule has 1 heterocycles. The van der Waals surface area contributed by atoms with Gasteiger partial charge in [0, 0.05) is 0 Å². The van der Waals surface area contributed by atoms with E-state index in [2.05, 4.69) is 6.92 Å². The molecule has 1 rings (SSSR count). The van der Waals surface area contributed by atoms with Crippen LogP contribution in [-0.4, -0.2) is 23.3 Å². The van der Waals surface area contributed by atoms with Gasteiger partial charge >= 0.3 is 5.97 Å². The number of carbonyl (C=O) groups is 1. The van der Waals surface area contributed by atoms with Crippen LogP contribution in [0.25, 0.3) is 0 Å². The monoisotopic (exact) mass is 172 g/mol. The summed E-state index contributed by atoms with van der Waals surface area (Å²) in [6.45, 7) is 2.16. The maximum atomic E-state index is 10.3. The highest BCUT2D eigenvalue weighted by molar-refractivity contribution is 5.75. The summed E-state index contributed by atoms with van der Waals surface area (Å²) in [6, 6.07) is 0. The summed E-state index contributed by atoms with van der Waals surface area (Å²) in [5.74, 6) is -0.810. The van der Waals surface area contributed by atoms with Crippen molar-refractivity contribution in [3.05, 3.63) is 0 Å². The first-order chi connectivity index (χ1) is 5.75. The van der Waals surface area contributed by atoms with Crippen LogP contribution in [0.2, 0.25) is 0 Å². The van der Waals surface area contributed by atoms with E-state index in [0.717, 1.165) is 12.8 Å². The number of hydrogen-bond acceptors (Lipinski definition) is 2. The van der Waals surface area contributed by atoms with Gasteiger partial charge < -0.3 is 9.84 Å². The Balaban J connectivity index is 1.93. The molecule has 0 radical (unpaired) electrons. The molecule has 3 heteroatoms. The highest BCUT2D eigenvalue weighted by Crippen LogP contribution is 2.27. The summed E-state index contributed by atoms with van der Waals surface area (Å²) >= 11 is 0. The molecule has 0 unspecified atom stereocenters. The Bertz CT molecular complexity index is 156. The van der Waals surface area contributed by atoms with Gasteiger partial charge in [-0.3, -0.25) is 0 Å². The molecule has 0 aromatic carbocycles. The maximum absolute atomic E-state index is 10.3. The van der Waals surface area contributed by atoms with Gasteiger partial charge in [0.25, 0.3) is 0 Å². The number of carboxylic acids is 1. The fourth-order valence-corrected chi connectivity index (χ4v) is 1.35. The lowest BCUT2D eigenvalue weighted by Gasteiger charge is -1.94. The fourth-order valence-electron chi connectivity index (χ4n) is 1.35. The van der Waals surface area contributed by atoms with Gasteiger partial charge in [-0.1, -0.05) is 32.6 Å². The van der Waals surface area contributed by atoms with Crippen molar-refractivity contribution in [1.29, 1.82) is 0 Å². The molecule has 70 valence electrons. The molecule has 2 atom stereocenters. The summed E-state index contributed by atoms with van der Waals surface area (Å²) < 4.78 is 4.96. The van der Waals surface area contributed by atoms with Crippen LogP contribution >= 0.6 is 0 Å². The highest BCUT2D eigenvalue weighted by Gasteiger charge is 2.44. The third-order valence-electron chi connectivity index (χ3n) is 2.17. The third-order valence-corrected chi connectivity index (χ3v) is 2.17. The molecule has 0 amide bonds. The Morgan fingerprint density at radius 1 is 1.42 bits per heavy atom. The molecule has 1 fully saturated rings. The lowest BCUT2D eigenvalue weighted by atomic mass is 10.1. The molecule has 1 aliphatic rings. The number of hydrogen-bond donors (Lipinski definition) is 1. The van der Waals surface area contributed by atoms with E-state index in [0.29, 0.717) is 0 Å². The standard InChI is InChI=1S/C9H16O3/c1-2-3-4-5-6-7-8(12-7)9(10)11/h7-8H,2-6H2,1H3,(H,10,11)/t7-,8+/m1/s1. The highest BCUT2D eigenvalue weighted by atomic mass is 16.6. The number of unbranched alkanes of at least 4 members (excludes halogenated alkanes) is 3. The molecular weight excluding hydrogens is 156 g/mol. The second-order valence-corrected chi connectivity index (χ2v) is 3.28. The number of ether oxygens (including phenoxy) is 1. The van der Waals surface area contributed by atoms with Crippen LogP contribution in [0.3, 0.4) is 0 Å². The number of aliphatic carboxylic acids is 1. The molecule has 12 heavy (non-hydrogen) atoms. The molecule has 3 nitrogen and oxygen atoms in total. The zero-order chi connectivity index (χ0) is 8.97. The molecule has 1 N–H and O–H groups in total. The Labute approximate surface area is 72.7 Å². The summed E-state index contributed by atoms with van der Waals surface area (Å²) in [5.41, 5.74) is 0. The van der Waals surface area contributed by atoms with Crippen molar-refractivity contribution >= 4 is 5.97 Å². The minimum Gasteiger partial charge on any atom is -0.479 e. The Morgan fingerprint density at radius 3 is 2.67 bits per heavy atom. The van der Waals surface area contributed by atoms with Crippen molar-refractivity contribution in [3.8, 4) is 0 Å². The van der Waals surface area contributed by atoms with E-state index < -0.39 is 12.1 Å². The van der Waals surface area contributed by atoms with E-state index in [1.54, 1.807) is 0 Å². The van der Waals surface area contributed by atoms with Crippen molar-refractivity contribution in [3.63, 3.8) is 0 Å². The minimum absolute atomic E-state index is 0.0133. The third kappa shape index (κ3) is 2.81.